The number of nitrogens with zero attached hydrogens (tertiary/aromatic N) is 3. The van der Waals surface area contributed by atoms with Gasteiger partial charge in [-0.15, -0.1) is 0 Å². The Morgan fingerprint density at radius 3 is 2.65 bits per heavy atom. The first-order valence-corrected chi connectivity index (χ1v) is 6.43. The highest BCUT2D eigenvalue weighted by Gasteiger charge is 2.28. The number of rotatable bonds is 3. The van der Waals surface area contributed by atoms with Crippen LogP contribution in [0.4, 0.5) is 5.82 Å². The Bertz CT molecular complexity index is 369. The lowest BCUT2D eigenvalue weighted by Crippen LogP contribution is -2.39. The molecule has 2 N–H and O–H groups in total. The summed E-state index contributed by atoms with van der Waals surface area (Å²) in [7, 11) is 0. The molecule has 1 saturated heterocycles. The number of nitrogens with two attached hydrogens (primary N) is 1. The van der Waals surface area contributed by atoms with E-state index in [1.54, 1.807) is 6.20 Å². The molecule has 0 bridgehead atoms. The molecule has 0 aromatic carbocycles. The molecule has 94 valence electrons. The van der Waals surface area contributed by atoms with E-state index >= 15 is 0 Å². The Morgan fingerprint density at radius 1 is 1.35 bits per heavy atom. The molecule has 1 fully saturated rings. The lowest BCUT2D eigenvalue weighted by Gasteiger charge is -2.39. The topological polar surface area (TPSA) is 55.0 Å². The molecule has 1 aliphatic heterocycles. The third kappa shape index (κ3) is 2.75. The van der Waals surface area contributed by atoms with Crippen LogP contribution in [0.15, 0.2) is 12.4 Å². The van der Waals surface area contributed by atoms with Crippen molar-refractivity contribution in [3.05, 3.63) is 18.1 Å². The van der Waals surface area contributed by atoms with Gasteiger partial charge >= 0.3 is 0 Å². The van der Waals surface area contributed by atoms with E-state index in [1.165, 1.54) is 19.3 Å². The molecule has 4 nitrogen and oxygen atoms in total. The quantitative estimate of drug-likeness (QED) is 0.868. The standard InChI is InChI=1S/C13H22N4/c1-3-13(2)4-6-17(7-5-13)12-10-15-9-11(8-14)16-12/h9-10H,3-8,14H2,1-2H3. The first-order chi connectivity index (χ1) is 8.17. The van der Waals surface area contributed by atoms with Crippen molar-refractivity contribution in [3.63, 3.8) is 0 Å². The fourth-order valence-corrected chi connectivity index (χ4v) is 2.27. The van der Waals surface area contributed by atoms with Crippen LogP contribution in [0.1, 0.15) is 38.8 Å². The lowest BCUT2D eigenvalue weighted by molar-refractivity contribution is 0.237. The molecule has 0 saturated carbocycles. The average molecular weight is 234 g/mol. The molecule has 0 amide bonds. The van der Waals surface area contributed by atoms with Crippen LogP contribution in [0.25, 0.3) is 0 Å². The van der Waals surface area contributed by atoms with Gasteiger partial charge in [0.05, 0.1) is 11.9 Å². The van der Waals surface area contributed by atoms with Crippen LogP contribution >= 0.6 is 0 Å². The van der Waals surface area contributed by atoms with E-state index in [0.717, 1.165) is 24.6 Å². The summed E-state index contributed by atoms with van der Waals surface area (Å²) in [5, 5.41) is 0. The first-order valence-electron chi connectivity index (χ1n) is 6.43. The van der Waals surface area contributed by atoms with Crippen molar-refractivity contribution in [1.29, 1.82) is 0 Å². The molecule has 1 aromatic rings. The van der Waals surface area contributed by atoms with E-state index in [4.69, 9.17) is 5.73 Å². The van der Waals surface area contributed by atoms with Gasteiger partial charge in [0.25, 0.3) is 0 Å². The number of piperidine rings is 1. The number of aromatic nitrogens is 2. The Kier molecular flexibility index (Phi) is 3.62. The molecule has 0 unspecified atom stereocenters. The van der Waals surface area contributed by atoms with Crippen molar-refractivity contribution in [1.82, 2.24) is 9.97 Å². The normalized spacial score (nSPS) is 19.4. The van der Waals surface area contributed by atoms with E-state index in [1.807, 2.05) is 6.20 Å². The van der Waals surface area contributed by atoms with Crippen molar-refractivity contribution in [2.75, 3.05) is 18.0 Å². The van der Waals surface area contributed by atoms with Gasteiger partial charge < -0.3 is 10.6 Å². The monoisotopic (exact) mass is 234 g/mol. The number of anilines is 1. The molecule has 0 atom stereocenters. The summed E-state index contributed by atoms with van der Waals surface area (Å²) in [6.45, 7) is 7.28. The van der Waals surface area contributed by atoms with Gasteiger partial charge in [0, 0.05) is 25.8 Å². The molecule has 2 rings (SSSR count). The van der Waals surface area contributed by atoms with Gasteiger partial charge in [0.15, 0.2) is 0 Å². The Labute approximate surface area is 103 Å². The predicted octanol–water partition coefficient (Wildman–Crippen LogP) is 1.95. The van der Waals surface area contributed by atoms with Crippen molar-refractivity contribution >= 4 is 5.82 Å². The highest BCUT2D eigenvalue weighted by Crippen LogP contribution is 2.34. The van der Waals surface area contributed by atoms with Crippen molar-refractivity contribution < 1.29 is 0 Å². The van der Waals surface area contributed by atoms with Crippen LogP contribution in [-0.2, 0) is 6.54 Å². The second kappa shape index (κ2) is 5.00. The minimum Gasteiger partial charge on any atom is -0.355 e. The molecular weight excluding hydrogens is 212 g/mol. The highest BCUT2D eigenvalue weighted by atomic mass is 15.2. The summed E-state index contributed by atoms with van der Waals surface area (Å²) >= 11 is 0. The minimum atomic E-state index is 0.460. The molecule has 17 heavy (non-hydrogen) atoms. The zero-order chi connectivity index (χ0) is 12.3. The molecule has 1 aliphatic rings. The summed E-state index contributed by atoms with van der Waals surface area (Å²) < 4.78 is 0. The van der Waals surface area contributed by atoms with Gasteiger partial charge in [-0.1, -0.05) is 20.3 Å². The fraction of sp³-hybridized carbons (Fsp3) is 0.692. The zero-order valence-electron chi connectivity index (χ0n) is 10.8. The van der Waals surface area contributed by atoms with E-state index < -0.39 is 0 Å². The molecule has 0 aliphatic carbocycles. The van der Waals surface area contributed by atoms with E-state index in [9.17, 15) is 0 Å². The fourth-order valence-electron chi connectivity index (χ4n) is 2.27. The Hall–Kier alpha value is -1.16. The van der Waals surface area contributed by atoms with Crippen molar-refractivity contribution in [2.24, 2.45) is 11.1 Å². The second-order valence-electron chi connectivity index (χ2n) is 5.22. The highest BCUT2D eigenvalue weighted by molar-refractivity contribution is 5.37. The van der Waals surface area contributed by atoms with E-state index in [-0.39, 0.29) is 0 Å². The largest absolute Gasteiger partial charge is 0.355 e. The summed E-state index contributed by atoms with van der Waals surface area (Å²) in [4.78, 5) is 11.1. The van der Waals surface area contributed by atoms with Gasteiger partial charge in [-0.3, -0.25) is 4.98 Å². The van der Waals surface area contributed by atoms with Gasteiger partial charge in [-0.2, -0.15) is 0 Å². The average Bonchev–Trinajstić information content (AvgIpc) is 2.40. The molecular formula is C13H22N4. The van der Waals surface area contributed by atoms with Gasteiger partial charge in [-0.25, -0.2) is 4.98 Å². The number of hydrogen-bond donors (Lipinski definition) is 1. The van der Waals surface area contributed by atoms with Crippen LogP contribution in [-0.4, -0.2) is 23.1 Å². The van der Waals surface area contributed by atoms with Crippen LogP contribution < -0.4 is 10.6 Å². The Balaban J connectivity index is 2.05. The number of hydrogen-bond acceptors (Lipinski definition) is 4. The Morgan fingerprint density at radius 2 is 2.06 bits per heavy atom. The van der Waals surface area contributed by atoms with Gasteiger partial charge in [-0.05, 0) is 18.3 Å². The second-order valence-corrected chi connectivity index (χ2v) is 5.22. The third-order valence-electron chi connectivity index (χ3n) is 4.03. The van der Waals surface area contributed by atoms with Crippen LogP contribution in [0.5, 0.6) is 0 Å². The molecule has 2 heterocycles. The first kappa shape index (κ1) is 12.3. The maximum absolute atomic E-state index is 5.59. The van der Waals surface area contributed by atoms with Crippen molar-refractivity contribution in [2.45, 2.75) is 39.7 Å². The predicted molar refractivity (Wildman–Crippen MR) is 69.8 cm³/mol. The lowest BCUT2D eigenvalue weighted by atomic mass is 9.78. The van der Waals surface area contributed by atoms with Crippen LogP contribution in [0, 0.1) is 5.41 Å². The molecule has 0 radical (unpaired) electrons. The maximum atomic E-state index is 5.59. The summed E-state index contributed by atoms with van der Waals surface area (Å²) in [6, 6.07) is 0. The molecule has 0 spiro atoms. The summed E-state index contributed by atoms with van der Waals surface area (Å²) in [6.07, 6.45) is 7.31. The molecule has 4 heteroatoms. The van der Waals surface area contributed by atoms with Gasteiger partial charge in [0.1, 0.15) is 5.82 Å². The van der Waals surface area contributed by atoms with Crippen LogP contribution in [0.3, 0.4) is 0 Å². The molecule has 1 aromatic heterocycles. The van der Waals surface area contributed by atoms with Crippen molar-refractivity contribution in [3.8, 4) is 0 Å². The smallest absolute Gasteiger partial charge is 0.147 e. The third-order valence-corrected chi connectivity index (χ3v) is 4.03. The van der Waals surface area contributed by atoms with E-state index in [0.29, 0.717) is 12.0 Å². The maximum Gasteiger partial charge on any atom is 0.147 e. The van der Waals surface area contributed by atoms with Crippen LogP contribution in [0.2, 0.25) is 0 Å². The van der Waals surface area contributed by atoms with Gasteiger partial charge in [0.2, 0.25) is 0 Å². The van der Waals surface area contributed by atoms with E-state index in [2.05, 4.69) is 28.7 Å². The SMILES string of the molecule is CCC1(C)CCN(c2cncc(CN)n2)CC1. The zero-order valence-corrected chi connectivity index (χ0v) is 10.8. The minimum absolute atomic E-state index is 0.460. The summed E-state index contributed by atoms with van der Waals surface area (Å²) in [5.41, 5.74) is 6.97. The summed E-state index contributed by atoms with van der Waals surface area (Å²) in [5.74, 6) is 0.978.